The van der Waals surface area contributed by atoms with Crippen LogP contribution in [0.15, 0.2) is 42.5 Å². The van der Waals surface area contributed by atoms with Crippen LogP contribution in [-0.2, 0) is 6.42 Å². The first-order valence-electron chi connectivity index (χ1n) is 8.69. The molecule has 1 aliphatic heterocycles. The molecule has 25 heavy (non-hydrogen) atoms. The van der Waals surface area contributed by atoms with E-state index in [1.165, 1.54) is 0 Å². The Morgan fingerprint density at radius 3 is 2.76 bits per heavy atom. The average Bonchev–Trinajstić information content (AvgIpc) is 2.67. The lowest BCUT2D eigenvalue weighted by molar-refractivity contribution is 0.0897. The Morgan fingerprint density at radius 2 is 1.96 bits per heavy atom. The molecule has 2 aromatic rings. The molecule has 0 aliphatic carbocycles. The van der Waals surface area contributed by atoms with E-state index < -0.39 is 0 Å². The summed E-state index contributed by atoms with van der Waals surface area (Å²) in [5, 5.41) is 3.36. The van der Waals surface area contributed by atoms with E-state index >= 15 is 0 Å². The van der Waals surface area contributed by atoms with Crippen LogP contribution in [0.3, 0.4) is 0 Å². The Morgan fingerprint density at radius 1 is 1.12 bits per heavy atom. The minimum atomic E-state index is 0.00682. The highest BCUT2D eigenvalue weighted by Gasteiger charge is 2.19. The number of rotatable bonds is 8. The number of hydrogen-bond acceptors (Lipinski definition) is 5. The zero-order valence-electron chi connectivity index (χ0n) is 14.8. The maximum atomic E-state index is 5.94. The second kappa shape index (κ2) is 8.62. The lowest BCUT2D eigenvalue weighted by atomic mass is 10.1. The van der Waals surface area contributed by atoms with Crippen LogP contribution < -0.4 is 24.3 Å². The number of hydrogen-bond donors (Lipinski definition) is 1. The monoisotopic (exact) mass is 343 g/mol. The van der Waals surface area contributed by atoms with Gasteiger partial charge in [-0.3, -0.25) is 0 Å². The van der Waals surface area contributed by atoms with Crippen LogP contribution in [0.4, 0.5) is 0 Å². The normalized spacial score (nSPS) is 15.7. The van der Waals surface area contributed by atoms with Crippen LogP contribution in [0.5, 0.6) is 23.0 Å². The van der Waals surface area contributed by atoms with Crippen LogP contribution in [0.25, 0.3) is 0 Å². The number of ether oxygens (including phenoxy) is 4. The van der Waals surface area contributed by atoms with Crippen molar-refractivity contribution in [2.45, 2.75) is 19.4 Å². The van der Waals surface area contributed by atoms with Crippen molar-refractivity contribution < 1.29 is 18.9 Å². The van der Waals surface area contributed by atoms with Crippen LogP contribution in [0.1, 0.15) is 12.5 Å². The number of fused-ring (bicyclic) bond motifs is 1. The molecule has 5 heteroatoms. The molecule has 5 nitrogen and oxygen atoms in total. The first-order chi connectivity index (χ1) is 12.3. The zero-order valence-corrected chi connectivity index (χ0v) is 14.8. The van der Waals surface area contributed by atoms with Gasteiger partial charge < -0.3 is 24.3 Å². The molecule has 1 aliphatic rings. The summed E-state index contributed by atoms with van der Waals surface area (Å²) in [6.45, 7) is 4.67. The standard InChI is InChI=1S/C20H25NO4/c1-3-15-7-6-10-19(22-2)20(15)23-12-11-21-13-16-14-24-17-8-4-5-9-18(17)25-16/h4-10,16,21H,3,11-14H2,1-2H3/t16-/m0/s1. The van der Waals surface area contributed by atoms with Gasteiger partial charge in [-0.15, -0.1) is 0 Å². The second-order valence-corrected chi connectivity index (χ2v) is 5.85. The third-order valence-electron chi connectivity index (χ3n) is 4.13. The van der Waals surface area contributed by atoms with Crippen LogP contribution in [-0.4, -0.2) is 39.5 Å². The summed E-state index contributed by atoms with van der Waals surface area (Å²) in [6.07, 6.45) is 0.916. The molecule has 1 heterocycles. The Bertz CT molecular complexity index is 667. The van der Waals surface area contributed by atoms with Crippen molar-refractivity contribution in [3.05, 3.63) is 48.0 Å². The highest BCUT2D eigenvalue weighted by atomic mass is 16.6. The Labute approximate surface area is 148 Å². The average molecular weight is 343 g/mol. The fraction of sp³-hybridized carbons (Fsp3) is 0.400. The Balaban J connectivity index is 1.43. The van der Waals surface area contributed by atoms with Gasteiger partial charge in [0.1, 0.15) is 19.3 Å². The number of nitrogens with one attached hydrogen (secondary N) is 1. The number of para-hydroxylation sites is 3. The first-order valence-corrected chi connectivity index (χ1v) is 8.69. The van der Waals surface area contributed by atoms with Gasteiger partial charge in [0.15, 0.2) is 23.0 Å². The van der Waals surface area contributed by atoms with Gasteiger partial charge in [0.25, 0.3) is 0 Å². The van der Waals surface area contributed by atoms with Crippen LogP contribution in [0, 0.1) is 0 Å². The molecule has 0 aromatic heterocycles. The molecular weight excluding hydrogens is 318 g/mol. The van der Waals surface area contributed by atoms with Gasteiger partial charge in [0.05, 0.1) is 7.11 Å². The van der Waals surface area contributed by atoms with Crippen LogP contribution >= 0.6 is 0 Å². The first kappa shape index (κ1) is 17.4. The summed E-state index contributed by atoms with van der Waals surface area (Å²) in [5.41, 5.74) is 1.15. The zero-order chi connectivity index (χ0) is 17.5. The molecule has 2 aromatic carbocycles. The lowest BCUT2D eigenvalue weighted by Gasteiger charge is -2.26. The molecule has 0 radical (unpaired) electrons. The van der Waals surface area contributed by atoms with Gasteiger partial charge in [-0.1, -0.05) is 31.2 Å². The number of benzene rings is 2. The molecule has 0 saturated heterocycles. The van der Waals surface area contributed by atoms with Crippen molar-refractivity contribution >= 4 is 0 Å². The fourth-order valence-corrected chi connectivity index (χ4v) is 2.82. The van der Waals surface area contributed by atoms with Crippen molar-refractivity contribution in [2.75, 3.05) is 33.4 Å². The van der Waals surface area contributed by atoms with E-state index in [-0.39, 0.29) is 6.10 Å². The number of aryl methyl sites for hydroxylation is 1. The molecule has 1 N–H and O–H groups in total. The summed E-state index contributed by atoms with van der Waals surface area (Å²) in [5.74, 6) is 3.23. The minimum Gasteiger partial charge on any atom is -0.493 e. The van der Waals surface area contributed by atoms with E-state index in [9.17, 15) is 0 Å². The molecule has 0 saturated carbocycles. The molecule has 0 spiro atoms. The van der Waals surface area contributed by atoms with Gasteiger partial charge >= 0.3 is 0 Å². The molecule has 0 bridgehead atoms. The molecule has 0 fully saturated rings. The highest BCUT2D eigenvalue weighted by Crippen LogP contribution is 2.32. The topological polar surface area (TPSA) is 49.0 Å². The highest BCUT2D eigenvalue weighted by molar-refractivity contribution is 5.46. The van der Waals surface area contributed by atoms with Gasteiger partial charge in [-0.25, -0.2) is 0 Å². The number of methoxy groups -OCH3 is 1. The van der Waals surface area contributed by atoms with Crippen molar-refractivity contribution in [3.8, 4) is 23.0 Å². The van der Waals surface area contributed by atoms with E-state index in [1.54, 1.807) is 7.11 Å². The van der Waals surface area contributed by atoms with Gasteiger partial charge in [-0.2, -0.15) is 0 Å². The third kappa shape index (κ3) is 4.37. The SMILES string of the molecule is CCc1cccc(OC)c1OCCNC[C@H]1COc2ccccc2O1. The summed E-state index contributed by atoms with van der Waals surface area (Å²) >= 11 is 0. The third-order valence-corrected chi connectivity index (χ3v) is 4.13. The maximum Gasteiger partial charge on any atom is 0.164 e. The predicted molar refractivity (Wildman–Crippen MR) is 97.1 cm³/mol. The van der Waals surface area contributed by atoms with Crippen molar-refractivity contribution in [1.82, 2.24) is 5.32 Å². The van der Waals surface area contributed by atoms with Crippen molar-refractivity contribution in [1.29, 1.82) is 0 Å². The van der Waals surface area contributed by atoms with E-state index in [0.717, 1.165) is 41.5 Å². The largest absolute Gasteiger partial charge is 0.493 e. The van der Waals surface area contributed by atoms with Crippen LogP contribution in [0.2, 0.25) is 0 Å². The quantitative estimate of drug-likeness (QED) is 0.747. The fourth-order valence-electron chi connectivity index (χ4n) is 2.82. The van der Waals surface area contributed by atoms with Gasteiger partial charge in [0.2, 0.25) is 0 Å². The van der Waals surface area contributed by atoms with Gasteiger partial charge in [0, 0.05) is 13.1 Å². The smallest absolute Gasteiger partial charge is 0.164 e. The molecular formula is C20H25NO4. The Hall–Kier alpha value is -2.40. The predicted octanol–water partition coefficient (Wildman–Crippen LogP) is 3.07. The van der Waals surface area contributed by atoms with E-state index in [2.05, 4.69) is 18.3 Å². The van der Waals surface area contributed by atoms with E-state index in [1.807, 2.05) is 36.4 Å². The summed E-state index contributed by atoms with van der Waals surface area (Å²) in [4.78, 5) is 0. The minimum absolute atomic E-state index is 0.00682. The maximum absolute atomic E-state index is 5.94. The second-order valence-electron chi connectivity index (χ2n) is 5.85. The summed E-state index contributed by atoms with van der Waals surface area (Å²) < 4.78 is 23.0. The molecule has 1 atom stereocenters. The lowest BCUT2D eigenvalue weighted by Crippen LogP contribution is -2.39. The Kier molecular flexibility index (Phi) is 6.01. The van der Waals surface area contributed by atoms with E-state index in [0.29, 0.717) is 19.8 Å². The molecule has 3 rings (SSSR count). The summed E-state index contributed by atoms with van der Waals surface area (Å²) in [6, 6.07) is 13.7. The molecule has 0 unspecified atom stereocenters. The van der Waals surface area contributed by atoms with Gasteiger partial charge in [-0.05, 0) is 30.2 Å². The molecule has 134 valence electrons. The summed E-state index contributed by atoms with van der Waals surface area (Å²) in [7, 11) is 1.66. The van der Waals surface area contributed by atoms with Crippen molar-refractivity contribution in [2.24, 2.45) is 0 Å². The molecule has 0 amide bonds. The van der Waals surface area contributed by atoms with E-state index in [4.69, 9.17) is 18.9 Å². The van der Waals surface area contributed by atoms with Crippen molar-refractivity contribution in [3.63, 3.8) is 0 Å².